The van der Waals surface area contributed by atoms with Gasteiger partial charge in [0, 0.05) is 12.1 Å². The van der Waals surface area contributed by atoms with Crippen LogP contribution in [0.2, 0.25) is 0 Å². The van der Waals surface area contributed by atoms with Crippen molar-refractivity contribution < 1.29 is 4.74 Å². The van der Waals surface area contributed by atoms with Gasteiger partial charge in [0.15, 0.2) is 0 Å². The molecule has 0 N–H and O–H groups in total. The molecule has 0 bridgehead atoms. The highest BCUT2D eigenvalue weighted by Gasteiger charge is 2.16. The standard InChI is InChI=1S/C18H21N3O/c1-2-5-15(6-3-1)17-13-21(20-19-17)12-14-8-9-18-16(11-14)7-4-10-22-18/h1-2,8-9,11,13,15H,3-7,10,12H2/t15-/m0/s1. The number of ether oxygens (including phenoxy) is 1. The first-order valence-electron chi connectivity index (χ1n) is 8.18. The van der Waals surface area contributed by atoms with E-state index < -0.39 is 0 Å². The Morgan fingerprint density at radius 2 is 2.27 bits per heavy atom. The molecule has 0 saturated heterocycles. The van der Waals surface area contributed by atoms with Crippen molar-refractivity contribution in [2.75, 3.05) is 6.61 Å². The number of hydrogen-bond donors (Lipinski definition) is 0. The third kappa shape index (κ3) is 2.78. The van der Waals surface area contributed by atoms with Crippen molar-refractivity contribution >= 4 is 0 Å². The molecule has 1 aliphatic heterocycles. The molecule has 1 aromatic heterocycles. The highest BCUT2D eigenvalue weighted by atomic mass is 16.5. The summed E-state index contributed by atoms with van der Waals surface area (Å²) in [6.07, 6.45) is 12.3. The third-order valence-corrected chi connectivity index (χ3v) is 4.56. The first kappa shape index (κ1) is 13.6. The van der Waals surface area contributed by atoms with Crippen LogP contribution in [0.5, 0.6) is 5.75 Å². The third-order valence-electron chi connectivity index (χ3n) is 4.56. The van der Waals surface area contributed by atoms with Gasteiger partial charge in [-0.2, -0.15) is 0 Å². The first-order valence-corrected chi connectivity index (χ1v) is 8.18. The van der Waals surface area contributed by atoms with E-state index in [1.165, 1.54) is 17.5 Å². The molecule has 4 heteroatoms. The summed E-state index contributed by atoms with van der Waals surface area (Å²) in [7, 11) is 0. The molecule has 1 aromatic carbocycles. The van der Waals surface area contributed by atoms with E-state index in [0.717, 1.165) is 50.3 Å². The Hall–Kier alpha value is -2.10. The number of allylic oxidation sites excluding steroid dienone is 2. The van der Waals surface area contributed by atoms with E-state index in [0.29, 0.717) is 5.92 Å². The molecule has 0 spiro atoms. The van der Waals surface area contributed by atoms with Crippen molar-refractivity contribution in [1.82, 2.24) is 15.0 Å². The van der Waals surface area contributed by atoms with Crippen molar-refractivity contribution in [3.8, 4) is 5.75 Å². The zero-order valence-corrected chi connectivity index (χ0v) is 12.7. The van der Waals surface area contributed by atoms with Crippen molar-refractivity contribution in [2.45, 2.75) is 44.6 Å². The molecule has 1 atom stereocenters. The lowest BCUT2D eigenvalue weighted by Crippen LogP contribution is -2.09. The van der Waals surface area contributed by atoms with E-state index in [9.17, 15) is 0 Å². The normalized spacial score (nSPS) is 20.5. The average Bonchev–Trinajstić information content (AvgIpc) is 3.04. The number of hydrogen-bond acceptors (Lipinski definition) is 3. The summed E-state index contributed by atoms with van der Waals surface area (Å²) >= 11 is 0. The topological polar surface area (TPSA) is 39.9 Å². The Bertz CT molecular complexity index is 689. The van der Waals surface area contributed by atoms with Gasteiger partial charge in [-0.1, -0.05) is 29.5 Å². The quantitative estimate of drug-likeness (QED) is 0.814. The molecule has 0 radical (unpaired) electrons. The zero-order valence-electron chi connectivity index (χ0n) is 12.7. The molecule has 2 aliphatic rings. The molecule has 0 amide bonds. The number of benzene rings is 1. The number of nitrogens with zero attached hydrogens (tertiary/aromatic N) is 3. The predicted octanol–water partition coefficient (Wildman–Crippen LogP) is 3.48. The van der Waals surface area contributed by atoms with Crippen LogP contribution in [0, 0.1) is 0 Å². The van der Waals surface area contributed by atoms with Gasteiger partial charge in [0.1, 0.15) is 5.75 Å². The van der Waals surface area contributed by atoms with Crippen molar-refractivity contribution in [3.05, 3.63) is 53.4 Å². The van der Waals surface area contributed by atoms with Crippen LogP contribution < -0.4 is 4.74 Å². The molecule has 22 heavy (non-hydrogen) atoms. The Labute approximate surface area is 130 Å². The lowest BCUT2D eigenvalue weighted by molar-refractivity contribution is 0.288. The van der Waals surface area contributed by atoms with Crippen molar-refractivity contribution in [2.24, 2.45) is 0 Å². The molecule has 2 heterocycles. The summed E-state index contributed by atoms with van der Waals surface area (Å²) < 4.78 is 7.63. The van der Waals surface area contributed by atoms with Gasteiger partial charge in [-0.3, -0.25) is 0 Å². The monoisotopic (exact) mass is 295 g/mol. The molecular formula is C18H21N3O. The Balaban J connectivity index is 1.49. The van der Waals surface area contributed by atoms with Gasteiger partial charge < -0.3 is 4.74 Å². The molecule has 1 aliphatic carbocycles. The van der Waals surface area contributed by atoms with E-state index in [1.807, 2.05) is 4.68 Å². The summed E-state index contributed by atoms with van der Waals surface area (Å²) in [5.41, 5.74) is 3.72. The fourth-order valence-corrected chi connectivity index (χ4v) is 3.34. The molecular weight excluding hydrogens is 274 g/mol. The second kappa shape index (κ2) is 5.95. The van der Waals surface area contributed by atoms with Crippen molar-refractivity contribution in [3.63, 3.8) is 0 Å². The van der Waals surface area contributed by atoms with Crippen LogP contribution >= 0.6 is 0 Å². The fourth-order valence-electron chi connectivity index (χ4n) is 3.34. The summed E-state index contributed by atoms with van der Waals surface area (Å²) in [4.78, 5) is 0. The maximum absolute atomic E-state index is 5.67. The number of aromatic nitrogens is 3. The highest BCUT2D eigenvalue weighted by molar-refractivity contribution is 5.38. The van der Waals surface area contributed by atoms with Crippen LogP contribution in [0.3, 0.4) is 0 Å². The van der Waals surface area contributed by atoms with Gasteiger partial charge in [0.25, 0.3) is 0 Å². The van der Waals surface area contributed by atoms with Crippen molar-refractivity contribution in [1.29, 1.82) is 0 Å². The van der Waals surface area contributed by atoms with Crippen LogP contribution in [0.25, 0.3) is 0 Å². The number of aryl methyl sites for hydroxylation is 1. The fraction of sp³-hybridized carbons (Fsp3) is 0.444. The van der Waals surface area contributed by atoms with Gasteiger partial charge in [-0.15, -0.1) is 5.10 Å². The molecule has 4 rings (SSSR count). The Kier molecular flexibility index (Phi) is 3.67. The Morgan fingerprint density at radius 1 is 1.27 bits per heavy atom. The summed E-state index contributed by atoms with van der Waals surface area (Å²) in [5.74, 6) is 1.58. The maximum Gasteiger partial charge on any atom is 0.122 e. The molecule has 114 valence electrons. The number of fused-ring (bicyclic) bond motifs is 1. The molecule has 4 nitrogen and oxygen atoms in total. The second-order valence-corrected chi connectivity index (χ2v) is 6.22. The van der Waals surface area contributed by atoms with E-state index in [1.54, 1.807) is 0 Å². The van der Waals surface area contributed by atoms with E-state index in [-0.39, 0.29) is 0 Å². The molecule has 0 unspecified atom stereocenters. The minimum Gasteiger partial charge on any atom is -0.493 e. The van der Waals surface area contributed by atoms with Crippen LogP contribution in [0.15, 0.2) is 36.5 Å². The first-order chi connectivity index (χ1) is 10.9. The summed E-state index contributed by atoms with van der Waals surface area (Å²) in [6.45, 7) is 1.62. The van der Waals surface area contributed by atoms with Gasteiger partial charge in [0.05, 0.1) is 18.8 Å². The van der Waals surface area contributed by atoms with Crippen LogP contribution in [0.4, 0.5) is 0 Å². The van der Waals surface area contributed by atoms with Crippen LogP contribution in [-0.4, -0.2) is 21.6 Å². The van der Waals surface area contributed by atoms with Crippen LogP contribution in [-0.2, 0) is 13.0 Å². The lowest BCUT2D eigenvalue weighted by Gasteiger charge is -2.17. The zero-order chi connectivity index (χ0) is 14.8. The van der Waals surface area contributed by atoms with Crippen LogP contribution in [0.1, 0.15) is 48.4 Å². The van der Waals surface area contributed by atoms with Gasteiger partial charge in [0.2, 0.25) is 0 Å². The Morgan fingerprint density at radius 3 is 3.18 bits per heavy atom. The average molecular weight is 295 g/mol. The summed E-state index contributed by atoms with van der Waals surface area (Å²) in [5, 5.41) is 8.69. The highest BCUT2D eigenvalue weighted by Crippen LogP contribution is 2.28. The van der Waals surface area contributed by atoms with E-state index in [4.69, 9.17) is 4.74 Å². The predicted molar refractivity (Wildman–Crippen MR) is 85.1 cm³/mol. The summed E-state index contributed by atoms with van der Waals surface area (Å²) in [6, 6.07) is 6.47. The van der Waals surface area contributed by atoms with Gasteiger partial charge in [-0.25, -0.2) is 4.68 Å². The van der Waals surface area contributed by atoms with E-state index >= 15 is 0 Å². The lowest BCUT2D eigenvalue weighted by atomic mass is 9.92. The van der Waals surface area contributed by atoms with Gasteiger partial charge in [-0.05, 0) is 49.3 Å². The smallest absolute Gasteiger partial charge is 0.122 e. The minimum atomic E-state index is 0.538. The van der Waals surface area contributed by atoms with E-state index in [2.05, 4.69) is 46.9 Å². The largest absolute Gasteiger partial charge is 0.493 e. The number of rotatable bonds is 3. The maximum atomic E-state index is 5.67. The second-order valence-electron chi connectivity index (χ2n) is 6.22. The molecule has 0 fully saturated rings. The molecule has 2 aromatic rings. The minimum absolute atomic E-state index is 0.538. The SMILES string of the molecule is C1=CC[C@H](c2cn(Cc3ccc4c(c3)CCCO4)nn2)CC1. The van der Waals surface area contributed by atoms with Gasteiger partial charge >= 0.3 is 0 Å². The molecule has 0 saturated carbocycles.